The quantitative estimate of drug-likeness (QED) is 0.823. The molecule has 102 valence electrons. The molecule has 1 aliphatic rings. The fraction of sp³-hybridized carbons (Fsp3) is 0.786. The molecule has 0 bridgehead atoms. The Balaban J connectivity index is 1.77. The first kappa shape index (κ1) is 14.0. The molecule has 1 aliphatic carbocycles. The minimum Gasteiger partial charge on any atom is -0.314 e. The summed E-state index contributed by atoms with van der Waals surface area (Å²) in [5, 5.41) is 5.86. The molecule has 1 aromatic heterocycles. The number of nitrogens with one attached hydrogen (secondary N) is 1. The molecule has 0 aliphatic heterocycles. The van der Waals surface area contributed by atoms with Crippen LogP contribution in [0.15, 0.2) is 10.9 Å². The largest absolute Gasteiger partial charge is 0.314 e. The minimum absolute atomic E-state index is 0.739. The van der Waals surface area contributed by atoms with Crippen LogP contribution in [-0.2, 0) is 6.54 Å². The molecule has 4 heteroatoms. The lowest BCUT2D eigenvalue weighted by Gasteiger charge is -2.25. The van der Waals surface area contributed by atoms with Crippen molar-refractivity contribution < 1.29 is 0 Å². The van der Waals surface area contributed by atoms with Gasteiger partial charge in [0.25, 0.3) is 0 Å². The molecule has 0 aromatic carbocycles. The standard InChI is InChI=1S/C14H25N3S/c1-3-7-15-14-6-4-5-12(14)8-17(2)9-13-10-18-11-16-13/h10-12,14-15H,3-9H2,1-2H3. The fourth-order valence-electron chi connectivity index (χ4n) is 2.91. The van der Waals surface area contributed by atoms with E-state index in [-0.39, 0.29) is 0 Å². The predicted molar refractivity (Wildman–Crippen MR) is 77.9 cm³/mol. The molecule has 2 unspecified atom stereocenters. The first-order valence-corrected chi connectivity index (χ1v) is 8.03. The van der Waals surface area contributed by atoms with E-state index in [1.807, 2.05) is 5.51 Å². The molecule has 0 radical (unpaired) electrons. The van der Waals surface area contributed by atoms with Crippen LogP contribution in [0.4, 0.5) is 0 Å². The molecule has 0 amide bonds. The third-order valence-corrected chi connectivity index (χ3v) is 4.41. The fourth-order valence-corrected chi connectivity index (χ4v) is 3.46. The van der Waals surface area contributed by atoms with Gasteiger partial charge in [-0.25, -0.2) is 4.98 Å². The van der Waals surface area contributed by atoms with Crippen molar-refractivity contribution in [3.05, 3.63) is 16.6 Å². The van der Waals surface area contributed by atoms with Gasteiger partial charge < -0.3 is 10.2 Å². The Hall–Kier alpha value is -0.450. The van der Waals surface area contributed by atoms with Gasteiger partial charge in [-0.2, -0.15) is 0 Å². The lowest BCUT2D eigenvalue weighted by atomic mass is 10.0. The van der Waals surface area contributed by atoms with E-state index >= 15 is 0 Å². The van der Waals surface area contributed by atoms with E-state index in [1.165, 1.54) is 37.9 Å². The van der Waals surface area contributed by atoms with Gasteiger partial charge in [-0.3, -0.25) is 0 Å². The number of aromatic nitrogens is 1. The van der Waals surface area contributed by atoms with Crippen LogP contribution in [0.2, 0.25) is 0 Å². The summed E-state index contributed by atoms with van der Waals surface area (Å²) in [7, 11) is 2.22. The van der Waals surface area contributed by atoms with Crippen molar-refractivity contribution in [1.82, 2.24) is 15.2 Å². The zero-order valence-electron chi connectivity index (χ0n) is 11.6. The van der Waals surface area contributed by atoms with Crippen LogP contribution in [0.1, 0.15) is 38.3 Å². The van der Waals surface area contributed by atoms with Gasteiger partial charge >= 0.3 is 0 Å². The zero-order valence-corrected chi connectivity index (χ0v) is 12.4. The van der Waals surface area contributed by atoms with Gasteiger partial charge in [0, 0.05) is 24.5 Å². The summed E-state index contributed by atoms with van der Waals surface area (Å²) < 4.78 is 0. The second-order valence-electron chi connectivity index (χ2n) is 5.43. The third-order valence-electron chi connectivity index (χ3n) is 3.78. The highest BCUT2D eigenvalue weighted by Gasteiger charge is 2.27. The van der Waals surface area contributed by atoms with Crippen LogP contribution in [0.25, 0.3) is 0 Å². The molecule has 18 heavy (non-hydrogen) atoms. The van der Waals surface area contributed by atoms with Crippen LogP contribution < -0.4 is 5.32 Å². The van der Waals surface area contributed by atoms with E-state index in [2.05, 4.69) is 34.6 Å². The van der Waals surface area contributed by atoms with Gasteiger partial charge in [-0.1, -0.05) is 13.3 Å². The van der Waals surface area contributed by atoms with E-state index in [0.29, 0.717) is 0 Å². The molecule has 1 saturated carbocycles. The molecule has 0 saturated heterocycles. The van der Waals surface area contributed by atoms with Crippen LogP contribution in [0.5, 0.6) is 0 Å². The third kappa shape index (κ3) is 4.04. The molecule has 2 rings (SSSR count). The number of rotatable bonds is 7. The van der Waals surface area contributed by atoms with Crippen molar-refractivity contribution in [3.63, 3.8) is 0 Å². The summed E-state index contributed by atoms with van der Waals surface area (Å²) in [6.45, 7) is 5.59. The second kappa shape index (κ2) is 7.22. The first-order chi connectivity index (χ1) is 8.79. The summed E-state index contributed by atoms with van der Waals surface area (Å²) in [6.07, 6.45) is 5.35. The molecule has 1 heterocycles. The molecule has 1 fully saturated rings. The summed E-state index contributed by atoms with van der Waals surface area (Å²) in [5.74, 6) is 0.820. The zero-order chi connectivity index (χ0) is 12.8. The molecular formula is C14H25N3S. The van der Waals surface area contributed by atoms with Gasteiger partial charge in [-0.15, -0.1) is 11.3 Å². The monoisotopic (exact) mass is 267 g/mol. The smallest absolute Gasteiger partial charge is 0.0795 e. The molecule has 0 spiro atoms. The summed E-state index contributed by atoms with van der Waals surface area (Å²) >= 11 is 1.69. The number of hydrogen-bond donors (Lipinski definition) is 1. The number of thiazole rings is 1. The molecule has 3 nitrogen and oxygen atoms in total. The van der Waals surface area contributed by atoms with Crippen molar-refractivity contribution in [2.45, 2.75) is 45.2 Å². The summed E-state index contributed by atoms with van der Waals surface area (Å²) in [6, 6.07) is 0.739. The van der Waals surface area contributed by atoms with E-state index in [9.17, 15) is 0 Å². The minimum atomic E-state index is 0.739. The highest BCUT2D eigenvalue weighted by molar-refractivity contribution is 7.07. The number of nitrogens with zero attached hydrogens (tertiary/aromatic N) is 2. The van der Waals surface area contributed by atoms with Crippen molar-refractivity contribution in [2.24, 2.45) is 5.92 Å². The van der Waals surface area contributed by atoms with E-state index in [0.717, 1.165) is 25.0 Å². The van der Waals surface area contributed by atoms with E-state index < -0.39 is 0 Å². The average Bonchev–Trinajstić information content (AvgIpc) is 2.98. The van der Waals surface area contributed by atoms with Gasteiger partial charge in [0.1, 0.15) is 0 Å². The summed E-state index contributed by atoms with van der Waals surface area (Å²) in [5.41, 5.74) is 3.13. The Morgan fingerprint density at radius 1 is 1.50 bits per heavy atom. The molecule has 1 N–H and O–H groups in total. The van der Waals surface area contributed by atoms with E-state index in [1.54, 1.807) is 11.3 Å². The van der Waals surface area contributed by atoms with Crippen molar-refractivity contribution in [1.29, 1.82) is 0 Å². The Labute approximate surface area is 115 Å². The average molecular weight is 267 g/mol. The maximum absolute atomic E-state index is 4.36. The normalized spacial score (nSPS) is 23.9. The highest BCUT2D eigenvalue weighted by atomic mass is 32.1. The summed E-state index contributed by atoms with van der Waals surface area (Å²) in [4.78, 5) is 6.78. The van der Waals surface area contributed by atoms with Gasteiger partial charge in [0.2, 0.25) is 0 Å². The Bertz CT molecular complexity index is 326. The topological polar surface area (TPSA) is 28.2 Å². The Morgan fingerprint density at radius 3 is 3.11 bits per heavy atom. The van der Waals surface area contributed by atoms with Crippen LogP contribution in [0.3, 0.4) is 0 Å². The maximum atomic E-state index is 4.36. The van der Waals surface area contributed by atoms with Crippen LogP contribution >= 0.6 is 11.3 Å². The van der Waals surface area contributed by atoms with Crippen molar-refractivity contribution in [3.8, 4) is 0 Å². The first-order valence-electron chi connectivity index (χ1n) is 7.08. The van der Waals surface area contributed by atoms with Crippen molar-refractivity contribution in [2.75, 3.05) is 20.1 Å². The van der Waals surface area contributed by atoms with Crippen molar-refractivity contribution >= 4 is 11.3 Å². The lowest BCUT2D eigenvalue weighted by Crippen LogP contribution is -2.38. The molecule has 1 aromatic rings. The van der Waals surface area contributed by atoms with Gasteiger partial charge in [-0.05, 0) is 38.8 Å². The maximum Gasteiger partial charge on any atom is 0.0795 e. The number of hydrogen-bond acceptors (Lipinski definition) is 4. The molecular weight excluding hydrogens is 242 g/mol. The van der Waals surface area contributed by atoms with Crippen LogP contribution in [-0.4, -0.2) is 36.1 Å². The highest BCUT2D eigenvalue weighted by Crippen LogP contribution is 2.26. The predicted octanol–water partition coefficient (Wildman–Crippen LogP) is 2.74. The van der Waals surface area contributed by atoms with E-state index in [4.69, 9.17) is 0 Å². The van der Waals surface area contributed by atoms with Gasteiger partial charge in [0.05, 0.1) is 11.2 Å². The Morgan fingerprint density at radius 2 is 2.39 bits per heavy atom. The second-order valence-corrected chi connectivity index (χ2v) is 6.15. The molecule has 2 atom stereocenters. The lowest BCUT2D eigenvalue weighted by molar-refractivity contribution is 0.243. The van der Waals surface area contributed by atoms with Crippen LogP contribution in [0, 0.1) is 5.92 Å². The SMILES string of the molecule is CCCNC1CCCC1CN(C)Cc1cscn1. The van der Waals surface area contributed by atoms with Gasteiger partial charge in [0.15, 0.2) is 0 Å². The Kier molecular flexibility index (Phi) is 5.60.